The summed E-state index contributed by atoms with van der Waals surface area (Å²) in [4.78, 5) is 21.7. The molecule has 1 fully saturated rings. The number of nitrogens with one attached hydrogen (secondary N) is 1. The Hall–Kier alpha value is -2.57. The second kappa shape index (κ2) is 6.97. The number of carbonyl (C=O) groups excluding carboxylic acids is 1. The lowest BCUT2D eigenvalue weighted by molar-refractivity contribution is 0.0978. The number of Topliss-reactive ketones (excluding diaryl/α,β-unsaturated/α-hetero) is 1. The van der Waals surface area contributed by atoms with Crippen LogP contribution in [0.1, 0.15) is 72.6 Å². The molecule has 4 rings (SSSR count). The normalized spacial score (nSPS) is 15.2. The number of aryl methyl sites for hydroxylation is 3. The third-order valence-electron chi connectivity index (χ3n) is 5.29. The van der Waals surface area contributed by atoms with Crippen molar-refractivity contribution in [1.82, 2.24) is 29.9 Å². The summed E-state index contributed by atoms with van der Waals surface area (Å²) in [6.07, 6.45) is 8.08. The van der Waals surface area contributed by atoms with Gasteiger partial charge in [0.25, 0.3) is 0 Å². The zero-order chi connectivity index (χ0) is 18.1. The van der Waals surface area contributed by atoms with Gasteiger partial charge >= 0.3 is 0 Å². The first-order chi connectivity index (χ1) is 12.7. The number of H-pyrrole nitrogens is 1. The largest absolute Gasteiger partial charge is 0.292 e. The summed E-state index contributed by atoms with van der Waals surface area (Å²) in [5, 5.41) is 12.8. The minimum Gasteiger partial charge on any atom is -0.292 e. The third kappa shape index (κ3) is 3.02. The highest BCUT2D eigenvalue weighted by Gasteiger charge is 2.26. The molecule has 0 saturated heterocycles. The molecule has 7 nitrogen and oxygen atoms in total. The van der Waals surface area contributed by atoms with Crippen molar-refractivity contribution in [2.45, 2.75) is 64.8 Å². The Morgan fingerprint density at radius 3 is 2.85 bits per heavy atom. The lowest BCUT2D eigenvalue weighted by atomic mass is 10.1. The number of ketones is 1. The number of carbonyl (C=O) groups is 1. The molecule has 3 aromatic rings. The van der Waals surface area contributed by atoms with Crippen molar-refractivity contribution in [3.8, 4) is 0 Å². The second-order valence-electron chi connectivity index (χ2n) is 7.05. The molecule has 26 heavy (non-hydrogen) atoms. The quantitative estimate of drug-likeness (QED) is 0.687. The zero-order valence-electron chi connectivity index (χ0n) is 15.3. The van der Waals surface area contributed by atoms with Crippen molar-refractivity contribution in [3.63, 3.8) is 0 Å². The number of rotatable bonds is 6. The Morgan fingerprint density at radius 2 is 2.12 bits per heavy atom. The van der Waals surface area contributed by atoms with Crippen LogP contribution in [-0.4, -0.2) is 35.7 Å². The van der Waals surface area contributed by atoms with Crippen molar-refractivity contribution in [3.05, 3.63) is 35.2 Å². The Balaban J connectivity index is 1.63. The Morgan fingerprint density at radius 1 is 1.31 bits per heavy atom. The van der Waals surface area contributed by atoms with E-state index in [2.05, 4.69) is 27.1 Å². The number of aromatic amines is 1. The van der Waals surface area contributed by atoms with Crippen LogP contribution in [0.5, 0.6) is 0 Å². The summed E-state index contributed by atoms with van der Waals surface area (Å²) in [5.74, 6) is 0.0331. The predicted molar refractivity (Wildman–Crippen MR) is 98.2 cm³/mol. The van der Waals surface area contributed by atoms with Crippen molar-refractivity contribution in [1.29, 1.82) is 0 Å². The third-order valence-corrected chi connectivity index (χ3v) is 5.29. The van der Waals surface area contributed by atoms with E-state index in [0.717, 1.165) is 47.4 Å². The first-order valence-electron chi connectivity index (χ1n) is 9.43. The van der Waals surface area contributed by atoms with Gasteiger partial charge in [-0.15, -0.1) is 0 Å². The number of nitrogens with zero attached hydrogens (tertiary/aromatic N) is 5. The molecule has 0 spiro atoms. The van der Waals surface area contributed by atoms with E-state index >= 15 is 0 Å². The molecule has 0 amide bonds. The molecule has 7 heteroatoms. The number of hydrogen-bond donors (Lipinski definition) is 1. The molecule has 0 unspecified atom stereocenters. The molecule has 0 radical (unpaired) electrons. The number of hydrogen-bond acceptors (Lipinski definition) is 5. The molecule has 1 N–H and O–H groups in total. The van der Waals surface area contributed by atoms with Crippen LogP contribution in [0.25, 0.3) is 11.0 Å². The highest BCUT2D eigenvalue weighted by atomic mass is 16.1. The lowest BCUT2D eigenvalue weighted by Gasteiger charge is -2.10. The molecule has 0 aliphatic heterocycles. The van der Waals surface area contributed by atoms with Gasteiger partial charge in [0.2, 0.25) is 0 Å². The van der Waals surface area contributed by atoms with E-state index < -0.39 is 0 Å². The van der Waals surface area contributed by atoms with Crippen LogP contribution in [0.3, 0.4) is 0 Å². The van der Waals surface area contributed by atoms with Gasteiger partial charge < -0.3 is 0 Å². The molecular formula is C19H24N6O. The van der Waals surface area contributed by atoms with Crippen LogP contribution in [0.15, 0.2) is 12.4 Å². The van der Waals surface area contributed by atoms with Gasteiger partial charge in [-0.05, 0) is 38.7 Å². The van der Waals surface area contributed by atoms with E-state index in [0.29, 0.717) is 24.6 Å². The highest BCUT2D eigenvalue weighted by molar-refractivity contribution is 6.06. The van der Waals surface area contributed by atoms with Crippen LogP contribution < -0.4 is 0 Å². The van der Waals surface area contributed by atoms with Gasteiger partial charge in [0.1, 0.15) is 12.0 Å². The number of fused-ring (bicyclic) bond motifs is 1. The van der Waals surface area contributed by atoms with Crippen molar-refractivity contribution >= 4 is 16.8 Å². The SMILES string of the molecule is CCc1cc(CCC(=O)c2nn(C3CCCC3)c3ncnc(C)c23)n[nH]1. The second-order valence-corrected chi connectivity index (χ2v) is 7.05. The lowest BCUT2D eigenvalue weighted by Crippen LogP contribution is -2.09. The fourth-order valence-electron chi connectivity index (χ4n) is 3.79. The van der Waals surface area contributed by atoms with E-state index in [1.54, 1.807) is 6.33 Å². The van der Waals surface area contributed by atoms with Gasteiger partial charge in [-0.25, -0.2) is 14.6 Å². The van der Waals surface area contributed by atoms with Crippen LogP contribution >= 0.6 is 0 Å². The molecule has 136 valence electrons. The maximum atomic E-state index is 12.9. The maximum Gasteiger partial charge on any atom is 0.184 e. The smallest absolute Gasteiger partial charge is 0.184 e. The molecule has 1 saturated carbocycles. The Kier molecular flexibility index (Phi) is 4.53. The summed E-state index contributed by atoms with van der Waals surface area (Å²) in [6.45, 7) is 4.00. The van der Waals surface area contributed by atoms with E-state index in [1.807, 2.05) is 17.7 Å². The predicted octanol–water partition coefficient (Wildman–Crippen LogP) is 3.35. The Bertz CT molecular complexity index is 935. The molecule has 0 atom stereocenters. The van der Waals surface area contributed by atoms with Crippen LogP contribution in [0, 0.1) is 6.92 Å². The molecular weight excluding hydrogens is 328 g/mol. The summed E-state index contributed by atoms with van der Waals surface area (Å²) in [5.41, 5.74) is 4.13. The fourth-order valence-corrected chi connectivity index (χ4v) is 3.79. The zero-order valence-corrected chi connectivity index (χ0v) is 15.3. The maximum absolute atomic E-state index is 12.9. The average molecular weight is 352 g/mol. The Labute approximate surface area is 152 Å². The van der Waals surface area contributed by atoms with E-state index in [9.17, 15) is 4.79 Å². The molecule has 0 aromatic carbocycles. The first-order valence-corrected chi connectivity index (χ1v) is 9.43. The van der Waals surface area contributed by atoms with Crippen LogP contribution in [0.2, 0.25) is 0 Å². The fraction of sp³-hybridized carbons (Fsp3) is 0.526. The van der Waals surface area contributed by atoms with Crippen molar-refractivity contribution in [2.75, 3.05) is 0 Å². The summed E-state index contributed by atoms with van der Waals surface area (Å²) < 4.78 is 1.97. The first kappa shape index (κ1) is 16.9. The van der Waals surface area contributed by atoms with Gasteiger partial charge in [-0.2, -0.15) is 10.2 Å². The van der Waals surface area contributed by atoms with E-state index in [4.69, 9.17) is 5.10 Å². The number of aromatic nitrogens is 6. The molecule has 3 heterocycles. The van der Waals surface area contributed by atoms with Crippen LogP contribution in [0.4, 0.5) is 0 Å². The molecule has 1 aliphatic carbocycles. The monoisotopic (exact) mass is 352 g/mol. The minimum absolute atomic E-state index is 0.0331. The summed E-state index contributed by atoms with van der Waals surface area (Å²) in [7, 11) is 0. The van der Waals surface area contributed by atoms with Gasteiger partial charge in [-0.3, -0.25) is 9.89 Å². The molecule has 1 aliphatic rings. The topological polar surface area (TPSA) is 89.3 Å². The molecule has 0 bridgehead atoms. The van der Waals surface area contributed by atoms with Crippen molar-refractivity contribution in [2.24, 2.45) is 0 Å². The van der Waals surface area contributed by atoms with E-state index in [1.165, 1.54) is 12.8 Å². The highest BCUT2D eigenvalue weighted by Crippen LogP contribution is 2.33. The molecule has 3 aromatic heterocycles. The average Bonchev–Trinajstić information content (AvgIpc) is 3.38. The minimum atomic E-state index is 0.0331. The van der Waals surface area contributed by atoms with Gasteiger partial charge in [0, 0.05) is 12.1 Å². The summed E-state index contributed by atoms with van der Waals surface area (Å²) >= 11 is 0. The standard InChI is InChI=1S/C19H24N6O/c1-3-13-10-14(23-22-13)8-9-16(26)18-17-12(2)20-11-21-19(17)25(24-18)15-6-4-5-7-15/h10-11,15H,3-9H2,1-2H3,(H,22,23). The van der Waals surface area contributed by atoms with Gasteiger partial charge in [0.15, 0.2) is 11.4 Å². The summed E-state index contributed by atoms with van der Waals surface area (Å²) in [6, 6.07) is 2.36. The van der Waals surface area contributed by atoms with Gasteiger partial charge in [-0.1, -0.05) is 19.8 Å². The van der Waals surface area contributed by atoms with E-state index in [-0.39, 0.29) is 5.78 Å². The van der Waals surface area contributed by atoms with Crippen molar-refractivity contribution < 1.29 is 4.79 Å². The van der Waals surface area contributed by atoms with Crippen LogP contribution in [-0.2, 0) is 12.8 Å². The van der Waals surface area contributed by atoms with Gasteiger partial charge in [0.05, 0.1) is 22.8 Å².